The third kappa shape index (κ3) is 1.21. The van der Waals surface area contributed by atoms with Crippen molar-refractivity contribution < 1.29 is 0 Å². The van der Waals surface area contributed by atoms with E-state index in [-0.39, 0.29) is 6.17 Å². The monoisotopic (exact) mass is 235 g/mol. The average Bonchev–Trinajstić information content (AvgIpc) is 2.84. The number of hydrogen-bond acceptors (Lipinski definition) is 5. The third-order valence-corrected chi connectivity index (χ3v) is 3.13. The molecule has 0 fully saturated rings. The summed E-state index contributed by atoms with van der Waals surface area (Å²) in [7, 11) is 0. The normalized spacial score (nSPS) is 22.9. The molecule has 0 aliphatic carbocycles. The van der Waals surface area contributed by atoms with Gasteiger partial charge in [-0.25, -0.2) is 9.98 Å². The molecule has 5 nitrogen and oxygen atoms in total. The van der Waals surface area contributed by atoms with Crippen LogP contribution in [0.5, 0.6) is 0 Å². The van der Waals surface area contributed by atoms with E-state index in [1.54, 1.807) is 24.9 Å². The van der Waals surface area contributed by atoms with Crippen LogP contribution in [-0.2, 0) is 0 Å². The Morgan fingerprint density at radius 2 is 2.28 bits per heavy atom. The number of pyridine rings is 1. The largest absolute Gasteiger partial charge is 0.359 e. The Kier molecular flexibility index (Phi) is 1.82. The summed E-state index contributed by atoms with van der Waals surface area (Å²) in [4.78, 5) is 17.3. The SMILES string of the molecule is C1=CC2=C3N=CN=C3c3cnccc3NC2N=C1. The summed E-state index contributed by atoms with van der Waals surface area (Å²) in [5, 5.41) is 3.39. The summed E-state index contributed by atoms with van der Waals surface area (Å²) in [6, 6.07) is 1.94. The molecule has 18 heavy (non-hydrogen) atoms. The molecule has 4 heterocycles. The summed E-state index contributed by atoms with van der Waals surface area (Å²) < 4.78 is 0. The van der Waals surface area contributed by atoms with Gasteiger partial charge in [0.1, 0.15) is 18.2 Å². The van der Waals surface area contributed by atoms with Crippen LogP contribution in [-0.4, -0.2) is 29.4 Å². The minimum Gasteiger partial charge on any atom is -0.359 e. The number of fused-ring (bicyclic) bond motifs is 4. The van der Waals surface area contributed by atoms with Gasteiger partial charge in [-0.1, -0.05) is 6.08 Å². The van der Waals surface area contributed by atoms with E-state index in [2.05, 4.69) is 25.3 Å². The summed E-state index contributed by atoms with van der Waals surface area (Å²) in [6.07, 6.45) is 10.8. The summed E-state index contributed by atoms with van der Waals surface area (Å²) in [5.41, 5.74) is 4.74. The van der Waals surface area contributed by atoms with Gasteiger partial charge in [-0.15, -0.1) is 0 Å². The van der Waals surface area contributed by atoms with Crippen LogP contribution >= 0.6 is 0 Å². The number of hydrogen-bond donors (Lipinski definition) is 1. The van der Waals surface area contributed by atoms with Crippen molar-refractivity contribution in [2.75, 3.05) is 5.32 Å². The van der Waals surface area contributed by atoms with Crippen LogP contribution in [0.3, 0.4) is 0 Å². The standard InChI is InChI=1S/C13H9N5/c1-2-8-11-12(17-7-16-11)9-6-14-5-3-10(9)18-13(8)15-4-1/h1-7,13,18H. The number of aliphatic imine (C=N–C) groups is 3. The number of nitrogens with one attached hydrogen (secondary N) is 1. The third-order valence-electron chi connectivity index (χ3n) is 3.13. The summed E-state index contributed by atoms with van der Waals surface area (Å²) in [5.74, 6) is 0. The van der Waals surface area contributed by atoms with Crippen LogP contribution in [0.25, 0.3) is 0 Å². The van der Waals surface area contributed by atoms with Gasteiger partial charge in [-0.2, -0.15) is 0 Å². The van der Waals surface area contributed by atoms with Crippen molar-refractivity contribution in [2.45, 2.75) is 6.17 Å². The Hall–Kier alpha value is -2.56. The van der Waals surface area contributed by atoms with Gasteiger partial charge in [0.25, 0.3) is 0 Å². The lowest BCUT2D eigenvalue weighted by molar-refractivity contribution is 0.896. The molecule has 4 rings (SSSR count). The Bertz CT molecular complexity index is 678. The number of anilines is 1. The van der Waals surface area contributed by atoms with Gasteiger partial charge >= 0.3 is 0 Å². The lowest BCUT2D eigenvalue weighted by Gasteiger charge is -2.17. The van der Waals surface area contributed by atoms with Crippen molar-refractivity contribution in [3.63, 3.8) is 0 Å². The number of rotatable bonds is 0. The highest BCUT2D eigenvalue weighted by atomic mass is 15.1. The predicted octanol–water partition coefficient (Wildman–Crippen LogP) is 1.56. The van der Waals surface area contributed by atoms with Crippen LogP contribution < -0.4 is 5.32 Å². The molecule has 0 aromatic carbocycles. The predicted molar refractivity (Wildman–Crippen MR) is 71.3 cm³/mol. The summed E-state index contributed by atoms with van der Waals surface area (Å²) >= 11 is 0. The molecule has 0 saturated carbocycles. The van der Waals surface area contributed by atoms with Crippen molar-refractivity contribution in [3.8, 4) is 0 Å². The molecule has 1 N–H and O–H groups in total. The quantitative estimate of drug-likeness (QED) is 0.741. The van der Waals surface area contributed by atoms with E-state index in [9.17, 15) is 0 Å². The van der Waals surface area contributed by atoms with E-state index in [1.807, 2.05) is 18.2 Å². The van der Waals surface area contributed by atoms with Crippen LogP contribution in [0.2, 0.25) is 0 Å². The Labute approximate surface area is 103 Å². The highest BCUT2D eigenvalue weighted by Crippen LogP contribution is 2.31. The first kappa shape index (κ1) is 9.47. The fourth-order valence-electron chi connectivity index (χ4n) is 2.31. The Morgan fingerprint density at radius 1 is 1.28 bits per heavy atom. The molecule has 3 aliphatic heterocycles. The average molecular weight is 235 g/mol. The van der Waals surface area contributed by atoms with E-state index in [0.717, 1.165) is 28.2 Å². The van der Waals surface area contributed by atoms with Crippen molar-refractivity contribution in [3.05, 3.63) is 47.4 Å². The number of dihydropyridines is 1. The Balaban J connectivity index is 2.00. The van der Waals surface area contributed by atoms with Gasteiger partial charge in [0, 0.05) is 35.4 Å². The molecule has 5 heteroatoms. The second-order valence-corrected chi connectivity index (χ2v) is 4.15. The van der Waals surface area contributed by atoms with Gasteiger partial charge in [-0.3, -0.25) is 9.98 Å². The molecule has 0 saturated heterocycles. The van der Waals surface area contributed by atoms with Crippen molar-refractivity contribution >= 4 is 24.0 Å². The first-order valence-corrected chi connectivity index (χ1v) is 5.69. The van der Waals surface area contributed by atoms with Crippen LogP contribution in [0, 0.1) is 0 Å². The maximum Gasteiger partial charge on any atom is 0.146 e. The van der Waals surface area contributed by atoms with Gasteiger partial charge in [0.15, 0.2) is 0 Å². The van der Waals surface area contributed by atoms with E-state index >= 15 is 0 Å². The van der Waals surface area contributed by atoms with Gasteiger partial charge in [0.2, 0.25) is 0 Å². The highest BCUT2D eigenvalue weighted by Gasteiger charge is 2.28. The van der Waals surface area contributed by atoms with Gasteiger partial charge < -0.3 is 5.32 Å². The lowest BCUT2D eigenvalue weighted by Crippen LogP contribution is -2.20. The molecule has 3 aliphatic rings. The number of nitrogens with zero attached hydrogens (tertiary/aromatic N) is 4. The van der Waals surface area contributed by atoms with E-state index in [4.69, 9.17) is 0 Å². The smallest absolute Gasteiger partial charge is 0.146 e. The van der Waals surface area contributed by atoms with E-state index < -0.39 is 0 Å². The zero-order valence-electron chi connectivity index (χ0n) is 9.41. The maximum absolute atomic E-state index is 4.44. The topological polar surface area (TPSA) is 62.0 Å². The zero-order valence-corrected chi connectivity index (χ0v) is 9.41. The fraction of sp³-hybridized carbons (Fsp3) is 0.0769. The molecule has 86 valence electrons. The van der Waals surface area contributed by atoms with Gasteiger partial charge in [-0.05, 0) is 12.1 Å². The van der Waals surface area contributed by atoms with Crippen LogP contribution in [0.1, 0.15) is 5.56 Å². The highest BCUT2D eigenvalue weighted by molar-refractivity contribution is 6.21. The maximum atomic E-state index is 4.44. The molecular formula is C13H9N5. The molecule has 0 amide bonds. The first-order valence-electron chi connectivity index (χ1n) is 5.69. The molecular weight excluding hydrogens is 226 g/mol. The van der Waals surface area contributed by atoms with Crippen molar-refractivity contribution in [1.82, 2.24) is 4.98 Å². The number of aromatic nitrogens is 1. The molecule has 0 spiro atoms. The molecule has 1 atom stereocenters. The Morgan fingerprint density at radius 3 is 3.28 bits per heavy atom. The zero-order chi connectivity index (χ0) is 11.9. The van der Waals surface area contributed by atoms with Crippen molar-refractivity contribution in [1.29, 1.82) is 0 Å². The molecule has 0 bridgehead atoms. The summed E-state index contributed by atoms with van der Waals surface area (Å²) in [6.45, 7) is 0. The first-order chi connectivity index (χ1) is 8.93. The van der Waals surface area contributed by atoms with E-state index in [1.165, 1.54) is 0 Å². The van der Waals surface area contributed by atoms with Crippen molar-refractivity contribution in [2.24, 2.45) is 15.0 Å². The fourth-order valence-corrected chi connectivity index (χ4v) is 2.31. The molecule has 1 unspecified atom stereocenters. The minimum atomic E-state index is -0.103. The van der Waals surface area contributed by atoms with Crippen LogP contribution in [0.15, 0.2) is 56.9 Å². The molecule has 1 aromatic heterocycles. The number of allylic oxidation sites excluding steroid dienone is 2. The van der Waals surface area contributed by atoms with Gasteiger partial charge in [0.05, 0.1) is 5.70 Å². The van der Waals surface area contributed by atoms with E-state index in [0.29, 0.717) is 0 Å². The molecule has 0 radical (unpaired) electrons. The lowest BCUT2D eigenvalue weighted by atomic mass is 10.0. The van der Waals surface area contributed by atoms with Crippen LogP contribution in [0.4, 0.5) is 5.69 Å². The second-order valence-electron chi connectivity index (χ2n) is 4.15. The minimum absolute atomic E-state index is 0.103. The molecule has 1 aromatic rings. The second kappa shape index (κ2) is 3.46.